The number of aromatic nitrogens is 1. The van der Waals surface area contributed by atoms with Crippen LogP contribution < -0.4 is 10.3 Å². The third-order valence-electron chi connectivity index (χ3n) is 5.16. The first-order valence-corrected chi connectivity index (χ1v) is 9.65. The van der Waals surface area contributed by atoms with E-state index in [9.17, 15) is 24.3 Å². The van der Waals surface area contributed by atoms with Crippen LogP contribution in [-0.4, -0.2) is 21.6 Å². The summed E-state index contributed by atoms with van der Waals surface area (Å²) in [4.78, 5) is 26.1. The summed E-state index contributed by atoms with van der Waals surface area (Å²) in [7, 11) is 0. The zero-order valence-corrected chi connectivity index (χ0v) is 17.3. The van der Waals surface area contributed by atoms with Gasteiger partial charge < -0.3 is 9.84 Å². The van der Waals surface area contributed by atoms with Gasteiger partial charge in [-0.05, 0) is 56.2 Å². The van der Waals surface area contributed by atoms with E-state index in [4.69, 9.17) is 4.74 Å². The van der Waals surface area contributed by atoms with E-state index in [0.717, 1.165) is 10.1 Å². The number of halogens is 1. The predicted octanol–water partition coefficient (Wildman–Crippen LogP) is 4.13. The first-order valence-electron chi connectivity index (χ1n) is 9.65. The molecule has 1 N–H and O–H groups in total. The molecule has 2 unspecified atom stereocenters. The summed E-state index contributed by atoms with van der Waals surface area (Å²) in [6.07, 6.45) is -1.06. The second kappa shape index (κ2) is 8.84. The second-order valence-electron chi connectivity index (χ2n) is 7.15. The van der Waals surface area contributed by atoms with Gasteiger partial charge in [0.2, 0.25) is 11.7 Å². The number of rotatable bonds is 6. The minimum atomic E-state index is -1.06. The Bertz CT molecular complexity index is 1210. The fraction of sp³-hybridized carbons (Fsp3) is 0.208. The zero-order valence-electron chi connectivity index (χ0n) is 17.3. The zero-order chi connectivity index (χ0) is 22.7. The third-order valence-corrected chi connectivity index (χ3v) is 5.16. The van der Waals surface area contributed by atoms with Gasteiger partial charge >= 0.3 is 0 Å². The molecule has 0 fully saturated rings. The Kier molecular flexibility index (Phi) is 6.21. The predicted molar refractivity (Wildman–Crippen MR) is 113 cm³/mol. The summed E-state index contributed by atoms with van der Waals surface area (Å²) in [5, 5.41) is 20.5. The summed E-state index contributed by atoms with van der Waals surface area (Å²) in [6.45, 7) is 4.61. The number of hydrogen-bond acceptors (Lipinski definition) is 5. The molecule has 31 heavy (non-hydrogen) atoms. The van der Waals surface area contributed by atoms with Crippen molar-refractivity contribution >= 4 is 5.78 Å². The number of hydrogen-bond donors (Lipinski definition) is 1. The van der Waals surface area contributed by atoms with Crippen molar-refractivity contribution in [1.82, 2.24) is 4.57 Å². The lowest BCUT2D eigenvalue weighted by atomic mass is 9.98. The fourth-order valence-corrected chi connectivity index (χ4v) is 3.43. The Hall–Kier alpha value is -3.92. The Morgan fingerprint density at radius 1 is 1.13 bits per heavy atom. The van der Waals surface area contributed by atoms with Crippen molar-refractivity contribution in [2.45, 2.75) is 32.9 Å². The highest BCUT2D eigenvalue weighted by atomic mass is 19.1. The molecule has 1 heterocycles. The molecule has 2 aromatic carbocycles. The van der Waals surface area contributed by atoms with Gasteiger partial charge in [-0.15, -0.1) is 0 Å². The second-order valence-corrected chi connectivity index (χ2v) is 7.15. The smallest absolute Gasteiger partial charge is 0.272 e. The molecule has 3 aromatic rings. The van der Waals surface area contributed by atoms with Crippen molar-refractivity contribution in [3.05, 3.63) is 93.0 Å². The highest BCUT2D eigenvalue weighted by Crippen LogP contribution is 2.29. The van der Waals surface area contributed by atoms with Crippen LogP contribution in [0.5, 0.6) is 11.6 Å². The quantitative estimate of drug-likeness (QED) is 0.605. The molecular formula is C24H21FN2O4. The fourth-order valence-electron chi connectivity index (χ4n) is 3.43. The van der Waals surface area contributed by atoms with Gasteiger partial charge in [0.15, 0.2) is 6.10 Å². The van der Waals surface area contributed by atoms with E-state index in [1.807, 2.05) is 12.1 Å². The maximum atomic E-state index is 13.2. The van der Waals surface area contributed by atoms with Crippen LogP contribution in [0.15, 0.2) is 59.4 Å². The van der Waals surface area contributed by atoms with Gasteiger partial charge in [-0.3, -0.25) is 14.2 Å². The normalized spacial score (nSPS) is 12.6. The maximum absolute atomic E-state index is 13.2. The van der Waals surface area contributed by atoms with Crippen molar-refractivity contribution in [3.63, 3.8) is 0 Å². The van der Waals surface area contributed by atoms with Gasteiger partial charge in [-0.1, -0.05) is 30.3 Å². The van der Waals surface area contributed by atoms with Crippen molar-refractivity contribution < 1.29 is 19.0 Å². The van der Waals surface area contributed by atoms with Crippen LogP contribution in [0.25, 0.3) is 0 Å². The average molecular weight is 420 g/mol. The lowest BCUT2D eigenvalue weighted by molar-refractivity contribution is 0.0812. The molecule has 0 aliphatic rings. The van der Waals surface area contributed by atoms with Crippen LogP contribution >= 0.6 is 0 Å². The molecule has 0 saturated heterocycles. The SMILES string of the molecule is Cc1c(C(=O)C(C)Oc2ccc(F)cc2)c(O)n(C(C)c2ccccc2)c(=O)c1C#N. The number of ketones is 1. The number of benzene rings is 2. The summed E-state index contributed by atoms with van der Waals surface area (Å²) < 4.78 is 19.7. The molecule has 158 valence electrons. The number of carbonyl (C=O) groups excluding carboxylic acids is 1. The summed E-state index contributed by atoms with van der Waals surface area (Å²) in [5.74, 6) is -1.31. The topological polar surface area (TPSA) is 92.3 Å². The number of aromatic hydroxyl groups is 1. The van der Waals surface area contributed by atoms with E-state index in [0.29, 0.717) is 0 Å². The van der Waals surface area contributed by atoms with Crippen LogP contribution in [0.4, 0.5) is 4.39 Å². The molecular weight excluding hydrogens is 399 g/mol. The van der Waals surface area contributed by atoms with Gasteiger partial charge in [0.05, 0.1) is 11.6 Å². The average Bonchev–Trinajstić information content (AvgIpc) is 2.76. The first kappa shape index (κ1) is 21.8. The molecule has 3 rings (SSSR count). The van der Waals surface area contributed by atoms with E-state index >= 15 is 0 Å². The highest BCUT2D eigenvalue weighted by Gasteiger charge is 2.29. The molecule has 7 heteroatoms. The molecule has 0 amide bonds. The summed E-state index contributed by atoms with van der Waals surface area (Å²) in [6, 6.07) is 15.3. The molecule has 0 bridgehead atoms. The molecule has 0 radical (unpaired) electrons. The van der Waals surface area contributed by atoms with Crippen molar-refractivity contribution in [2.75, 3.05) is 0 Å². The van der Waals surface area contributed by atoms with Gasteiger partial charge in [0.25, 0.3) is 5.56 Å². The van der Waals surface area contributed by atoms with E-state index < -0.39 is 35.2 Å². The monoisotopic (exact) mass is 420 g/mol. The number of pyridine rings is 1. The lowest BCUT2D eigenvalue weighted by Crippen LogP contribution is -2.32. The van der Waals surface area contributed by atoms with E-state index in [2.05, 4.69) is 0 Å². The van der Waals surface area contributed by atoms with Gasteiger partial charge in [0, 0.05) is 0 Å². The molecule has 6 nitrogen and oxygen atoms in total. The Morgan fingerprint density at radius 2 is 1.74 bits per heavy atom. The van der Waals surface area contributed by atoms with Crippen LogP contribution in [-0.2, 0) is 0 Å². The lowest BCUT2D eigenvalue weighted by Gasteiger charge is -2.22. The minimum Gasteiger partial charge on any atom is -0.494 e. The number of nitrogens with zero attached hydrogens (tertiary/aromatic N) is 2. The standard InChI is InChI=1S/C24H21FN2O4/c1-14-20(13-26)23(29)27(15(2)17-7-5-4-6-8-17)24(30)21(14)22(28)16(3)31-19-11-9-18(25)10-12-19/h4-12,15-16,30H,1-3H3. The largest absolute Gasteiger partial charge is 0.494 e. The van der Waals surface area contributed by atoms with E-state index in [-0.39, 0.29) is 22.4 Å². The molecule has 0 aliphatic heterocycles. The van der Waals surface area contributed by atoms with Crippen molar-refractivity contribution in [3.8, 4) is 17.7 Å². The molecule has 0 spiro atoms. The van der Waals surface area contributed by atoms with Crippen molar-refractivity contribution in [2.24, 2.45) is 0 Å². The highest BCUT2D eigenvalue weighted by molar-refractivity contribution is 6.03. The minimum absolute atomic E-state index is 0.0843. The Labute approximate surface area is 178 Å². The molecule has 2 atom stereocenters. The Balaban J connectivity index is 2.09. The third kappa shape index (κ3) is 4.19. The summed E-state index contributed by atoms with van der Waals surface area (Å²) >= 11 is 0. The number of carbonyl (C=O) groups is 1. The van der Waals surface area contributed by atoms with Crippen LogP contribution in [0.2, 0.25) is 0 Å². The number of nitriles is 1. The molecule has 0 aliphatic carbocycles. The van der Waals surface area contributed by atoms with Gasteiger partial charge in [0.1, 0.15) is 23.2 Å². The number of ether oxygens (including phenoxy) is 1. The van der Waals surface area contributed by atoms with Crippen molar-refractivity contribution in [1.29, 1.82) is 5.26 Å². The van der Waals surface area contributed by atoms with Crippen LogP contribution in [0, 0.1) is 24.1 Å². The van der Waals surface area contributed by atoms with Crippen LogP contribution in [0.1, 0.15) is 46.9 Å². The van der Waals surface area contributed by atoms with Gasteiger partial charge in [-0.2, -0.15) is 5.26 Å². The number of Topliss-reactive ketones (excluding diaryl/α,β-unsaturated/α-hetero) is 1. The maximum Gasteiger partial charge on any atom is 0.272 e. The molecule has 1 aromatic heterocycles. The van der Waals surface area contributed by atoms with E-state index in [1.165, 1.54) is 38.1 Å². The summed E-state index contributed by atoms with van der Waals surface area (Å²) in [5.41, 5.74) is -0.258. The van der Waals surface area contributed by atoms with E-state index in [1.54, 1.807) is 31.2 Å². The van der Waals surface area contributed by atoms with Crippen LogP contribution in [0.3, 0.4) is 0 Å². The van der Waals surface area contributed by atoms with Gasteiger partial charge in [-0.25, -0.2) is 4.39 Å². The first-order chi connectivity index (χ1) is 14.8. The molecule has 0 saturated carbocycles. The Morgan fingerprint density at radius 3 is 2.32 bits per heavy atom.